The van der Waals surface area contributed by atoms with Gasteiger partial charge in [0.15, 0.2) is 6.10 Å². The van der Waals surface area contributed by atoms with Crippen LogP contribution < -0.4 is 10.1 Å². The van der Waals surface area contributed by atoms with Crippen LogP contribution in [0.25, 0.3) is 0 Å². The van der Waals surface area contributed by atoms with Crippen LogP contribution in [0.1, 0.15) is 32.3 Å². The smallest absolute Gasteiger partial charge is 0.333 e. The molecule has 0 saturated carbocycles. The Labute approximate surface area is 206 Å². The summed E-state index contributed by atoms with van der Waals surface area (Å²) < 4.78 is 29.7. The van der Waals surface area contributed by atoms with Gasteiger partial charge in [-0.1, -0.05) is 19.1 Å². The van der Waals surface area contributed by atoms with Crippen molar-refractivity contribution < 1.29 is 33.3 Å². The van der Waals surface area contributed by atoms with E-state index in [1.54, 1.807) is 36.1 Å². The molecule has 2 N–H and O–H groups in total. The minimum atomic E-state index is -0.994. The van der Waals surface area contributed by atoms with E-state index in [4.69, 9.17) is 14.2 Å². The second-order valence-electron chi connectivity index (χ2n) is 7.87. The first-order valence-electron chi connectivity index (χ1n) is 11.9. The molecule has 1 atom stereocenters. The van der Waals surface area contributed by atoms with E-state index in [0.29, 0.717) is 50.8 Å². The fourth-order valence-corrected chi connectivity index (χ4v) is 3.28. The Morgan fingerprint density at radius 3 is 2.34 bits per heavy atom. The molecule has 0 saturated heterocycles. The molecule has 2 amide bonds. The van der Waals surface area contributed by atoms with Crippen LogP contribution in [-0.4, -0.2) is 67.6 Å². The van der Waals surface area contributed by atoms with Crippen molar-refractivity contribution >= 4 is 17.7 Å². The highest BCUT2D eigenvalue weighted by molar-refractivity contribution is 5.89. The third kappa shape index (κ3) is 10.7. The Hall–Kier alpha value is -3.17. The minimum Gasteiger partial charge on any atom is -0.492 e. The first-order valence-corrected chi connectivity index (χ1v) is 11.9. The molecule has 2 aromatic rings. The second-order valence-corrected chi connectivity index (χ2v) is 7.87. The van der Waals surface area contributed by atoms with Gasteiger partial charge in [0.25, 0.3) is 0 Å². The van der Waals surface area contributed by atoms with Crippen LogP contribution in [0, 0.1) is 5.82 Å². The average Bonchev–Trinajstić information content (AvgIpc) is 2.84. The van der Waals surface area contributed by atoms with Gasteiger partial charge >= 0.3 is 12.0 Å². The van der Waals surface area contributed by atoms with Gasteiger partial charge in [-0.15, -0.1) is 0 Å². The van der Waals surface area contributed by atoms with E-state index in [-0.39, 0.29) is 24.9 Å². The van der Waals surface area contributed by atoms with Crippen LogP contribution in [0.5, 0.6) is 5.75 Å². The maximum Gasteiger partial charge on any atom is 0.333 e. The zero-order valence-electron chi connectivity index (χ0n) is 20.4. The molecule has 35 heavy (non-hydrogen) atoms. The molecule has 0 heterocycles. The molecule has 2 rings (SSSR count). The van der Waals surface area contributed by atoms with E-state index in [1.807, 2.05) is 6.92 Å². The van der Waals surface area contributed by atoms with Crippen LogP contribution in [-0.2, 0) is 20.7 Å². The molecule has 0 radical (unpaired) electrons. The summed E-state index contributed by atoms with van der Waals surface area (Å²) in [4.78, 5) is 25.7. The Morgan fingerprint density at radius 2 is 1.71 bits per heavy atom. The lowest BCUT2D eigenvalue weighted by Crippen LogP contribution is -2.39. The number of nitrogens with zero attached hydrogens (tertiary/aromatic N) is 1. The fourth-order valence-electron chi connectivity index (χ4n) is 3.28. The van der Waals surface area contributed by atoms with Gasteiger partial charge in [-0.05, 0) is 61.7 Å². The lowest BCUT2D eigenvalue weighted by Gasteiger charge is -2.23. The number of benzene rings is 2. The van der Waals surface area contributed by atoms with E-state index in [0.717, 1.165) is 12.0 Å². The molecule has 2 aromatic carbocycles. The van der Waals surface area contributed by atoms with Crippen molar-refractivity contribution in [2.75, 3.05) is 44.8 Å². The number of halogens is 1. The van der Waals surface area contributed by atoms with Gasteiger partial charge in [-0.3, -0.25) is 0 Å². The predicted octanol–water partition coefficient (Wildman–Crippen LogP) is 4.59. The third-order valence-corrected chi connectivity index (χ3v) is 5.07. The topological polar surface area (TPSA) is 97.3 Å². The van der Waals surface area contributed by atoms with Crippen molar-refractivity contribution in [3.8, 4) is 5.75 Å². The van der Waals surface area contributed by atoms with Crippen molar-refractivity contribution in [2.45, 2.75) is 39.2 Å². The van der Waals surface area contributed by atoms with Crippen LogP contribution in [0.4, 0.5) is 14.9 Å². The summed E-state index contributed by atoms with van der Waals surface area (Å²) in [7, 11) is 0. The highest BCUT2D eigenvalue weighted by atomic mass is 19.1. The standard InChI is InChI=1S/C26H35FN2O6/c1-3-16-33-17-5-14-29(26(32)28-22-10-8-21(27)9-11-22)15-18-35-23-12-6-20(7-13-23)19-24(25(30)31)34-4-2/h6-13,24H,3-5,14-19H2,1-2H3,(H,28,32)(H,30,31). The summed E-state index contributed by atoms with van der Waals surface area (Å²) in [5.74, 6) is -0.753. The molecular formula is C26H35FN2O6. The van der Waals surface area contributed by atoms with E-state index in [1.165, 1.54) is 24.3 Å². The highest BCUT2D eigenvalue weighted by Gasteiger charge is 2.18. The Morgan fingerprint density at radius 1 is 1.00 bits per heavy atom. The SMILES string of the molecule is CCCOCCCN(CCOc1ccc(CC(OCC)C(=O)O)cc1)C(=O)Nc1ccc(F)cc1. The highest BCUT2D eigenvalue weighted by Crippen LogP contribution is 2.15. The number of nitrogens with one attached hydrogen (secondary N) is 1. The molecule has 0 fully saturated rings. The first-order chi connectivity index (χ1) is 16.9. The van der Waals surface area contributed by atoms with Crippen molar-refractivity contribution in [2.24, 2.45) is 0 Å². The predicted molar refractivity (Wildman–Crippen MR) is 131 cm³/mol. The number of rotatable bonds is 16. The van der Waals surface area contributed by atoms with E-state index >= 15 is 0 Å². The number of amides is 2. The normalized spacial score (nSPS) is 11.6. The number of carboxylic acid groups (broad SMARTS) is 1. The second kappa shape index (κ2) is 15.7. The van der Waals surface area contributed by atoms with Crippen LogP contribution in [0.3, 0.4) is 0 Å². The first kappa shape index (κ1) is 28.1. The summed E-state index contributed by atoms with van der Waals surface area (Å²) in [6.07, 6.45) is 0.988. The number of carbonyl (C=O) groups is 2. The molecule has 0 aliphatic heterocycles. The van der Waals surface area contributed by atoms with Gasteiger partial charge in [-0.2, -0.15) is 0 Å². The number of hydrogen-bond donors (Lipinski definition) is 2. The summed E-state index contributed by atoms with van der Waals surface area (Å²) in [6.45, 7) is 6.44. The lowest BCUT2D eigenvalue weighted by molar-refractivity contribution is -0.149. The van der Waals surface area contributed by atoms with Crippen LogP contribution >= 0.6 is 0 Å². The Bertz CT molecular complexity index is 892. The van der Waals surface area contributed by atoms with Crippen molar-refractivity contribution in [3.63, 3.8) is 0 Å². The number of carbonyl (C=O) groups excluding carboxylic acids is 1. The van der Waals surface area contributed by atoms with Gasteiger partial charge in [0, 0.05) is 38.5 Å². The van der Waals surface area contributed by atoms with Gasteiger partial charge in [0.1, 0.15) is 18.2 Å². The number of hydrogen-bond acceptors (Lipinski definition) is 5. The molecule has 1 unspecified atom stereocenters. The Kier molecular flexibility index (Phi) is 12.6. The zero-order chi connectivity index (χ0) is 25.5. The Balaban J connectivity index is 1.89. The molecule has 9 heteroatoms. The number of carboxylic acids is 1. The molecule has 0 aliphatic rings. The quantitative estimate of drug-likeness (QED) is 0.334. The molecule has 0 bridgehead atoms. The molecule has 0 aliphatic carbocycles. The fraction of sp³-hybridized carbons (Fsp3) is 0.462. The largest absolute Gasteiger partial charge is 0.492 e. The zero-order valence-corrected chi connectivity index (χ0v) is 20.4. The van der Waals surface area contributed by atoms with E-state index < -0.39 is 12.1 Å². The minimum absolute atomic E-state index is 0.265. The molecular weight excluding hydrogens is 455 g/mol. The van der Waals surface area contributed by atoms with Gasteiger partial charge in [0.2, 0.25) is 0 Å². The van der Waals surface area contributed by atoms with Crippen molar-refractivity contribution in [1.29, 1.82) is 0 Å². The summed E-state index contributed by atoms with van der Waals surface area (Å²) in [5, 5.41) is 12.0. The maximum absolute atomic E-state index is 13.1. The van der Waals surface area contributed by atoms with E-state index in [9.17, 15) is 19.1 Å². The van der Waals surface area contributed by atoms with Gasteiger partial charge in [0.05, 0.1) is 6.54 Å². The number of aliphatic carboxylic acids is 1. The van der Waals surface area contributed by atoms with Gasteiger partial charge in [-0.25, -0.2) is 14.0 Å². The van der Waals surface area contributed by atoms with Crippen LogP contribution in [0.15, 0.2) is 48.5 Å². The monoisotopic (exact) mass is 490 g/mol. The molecule has 0 spiro atoms. The summed E-state index contributed by atoms with van der Waals surface area (Å²) in [6, 6.07) is 12.4. The summed E-state index contributed by atoms with van der Waals surface area (Å²) in [5.41, 5.74) is 1.33. The van der Waals surface area contributed by atoms with Crippen LogP contribution in [0.2, 0.25) is 0 Å². The summed E-state index contributed by atoms with van der Waals surface area (Å²) >= 11 is 0. The number of urea groups is 1. The molecule has 0 aromatic heterocycles. The van der Waals surface area contributed by atoms with Crippen molar-refractivity contribution in [1.82, 2.24) is 4.90 Å². The maximum atomic E-state index is 13.1. The van der Waals surface area contributed by atoms with Crippen molar-refractivity contribution in [3.05, 3.63) is 59.9 Å². The average molecular weight is 491 g/mol. The lowest BCUT2D eigenvalue weighted by atomic mass is 10.1. The molecule has 8 nitrogen and oxygen atoms in total. The van der Waals surface area contributed by atoms with Gasteiger partial charge < -0.3 is 29.5 Å². The number of anilines is 1. The molecule has 192 valence electrons. The third-order valence-electron chi connectivity index (χ3n) is 5.07. The number of ether oxygens (including phenoxy) is 3. The van der Waals surface area contributed by atoms with E-state index in [2.05, 4.69) is 5.32 Å².